The maximum atomic E-state index is 14.6. The van der Waals surface area contributed by atoms with Gasteiger partial charge in [-0.05, 0) is 61.9 Å². The van der Waals surface area contributed by atoms with Gasteiger partial charge in [-0.1, -0.05) is 13.8 Å². The molecule has 0 bridgehead atoms. The fourth-order valence-corrected chi connectivity index (χ4v) is 4.22. The molecule has 2 heterocycles. The second kappa shape index (κ2) is 7.83. The maximum Gasteiger partial charge on any atom is 0.251 e. The zero-order chi connectivity index (χ0) is 18.0. The molecule has 25 heavy (non-hydrogen) atoms. The zero-order valence-corrected chi connectivity index (χ0v) is 15.6. The lowest BCUT2D eigenvalue weighted by Gasteiger charge is -2.33. The van der Waals surface area contributed by atoms with Crippen LogP contribution < -0.4 is 9.03 Å². The monoisotopic (exact) mass is 367 g/mol. The molecule has 1 aromatic carbocycles. The fraction of sp³-hybridized carbons (Fsp3) is 0.611. The van der Waals surface area contributed by atoms with Crippen LogP contribution in [-0.4, -0.2) is 42.1 Å². The van der Waals surface area contributed by atoms with E-state index in [1.807, 2.05) is 0 Å². The van der Waals surface area contributed by atoms with Gasteiger partial charge in [-0.15, -0.1) is 0 Å². The van der Waals surface area contributed by atoms with E-state index < -0.39 is 5.82 Å². The Morgan fingerprint density at radius 1 is 1.44 bits per heavy atom. The molecular weight excluding hydrogens is 341 g/mol. The Morgan fingerprint density at radius 2 is 2.24 bits per heavy atom. The van der Waals surface area contributed by atoms with Gasteiger partial charge in [0.25, 0.3) is 5.91 Å². The van der Waals surface area contributed by atoms with Crippen LogP contribution in [-0.2, 0) is 4.79 Å². The van der Waals surface area contributed by atoms with Crippen molar-refractivity contribution in [1.82, 2.24) is 9.62 Å². The largest absolute Gasteiger partial charge is 0.506 e. The van der Waals surface area contributed by atoms with Crippen LogP contribution in [0.25, 0.3) is 0 Å². The van der Waals surface area contributed by atoms with Crippen LogP contribution >= 0.6 is 12.1 Å². The van der Waals surface area contributed by atoms with E-state index in [-0.39, 0.29) is 29.8 Å². The summed E-state index contributed by atoms with van der Waals surface area (Å²) in [5, 5.41) is 10.3. The zero-order valence-electron chi connectivity index (χ0n) is 14.8. The molecule has 0 aliphatic carbocycles. The number of phenols is 1. The van der Waals surface area contributed by atoms with Crippen molar-refractivity contribution in [2.24, 2.45) is 5.92 Å². The lowest BCUT2D eigenvalue weighted by Crippen LogP contribution is -2.35. The van der Waals surface area contributed by atoms with Crippen molar-refractivity contribution in [3.8, 4) is 5.75 Å². The second-order valence-corrected chi connectivity index (χ2v) is 8.17. The molecule has 0 radical (unpaired) electrons. The molecule has 5 nitrogen and oxygen atoms in total. The maximum absolute atomic E-state index is 14.6. The van der Waals surface area contributed by atoms with Crippen molar-refractivity contribution in [2.45, 2.75) is 39.0 Å². The highest BCUT2D eigenvalue weighted by molar-refractivity contribution is 7.99. The van der Waals surface area contributed by atoms with E-state index in [4.69, 9.17) is 0 Å². The van der Waals surface area contributed by atoms with Crippen LogP contribution in [0.5, 0.6) is 5.75 Å². The molecule has 2 N–H and O–H groups in total. The van der Waals surface area contributed by atoms with E-state index in [9.17, 15) is 14.3 Å². The summed E-state index contributed by atoms with van der Waals surface area (Å²) in [7, 11) is 0. The number of carbonyl (C=O) groups is 1. The average molecular weight is 367 g/mol. The lowest BCUT2D eigenvalue weighted by atomic mass is 9.90. The quantitative estimate of drug-likeness (QED) is 0.783. The first-order valence-electron chi connectivity index (χ1n) is 8.92. The number of likely N-dealkylation sites (tertiary alicyclic amines) is 1. The number of aromatic hydroxyl groups is 1. The molecule has 1 atom stereocenters. The van der Waals surface area contributed by atoms with Crippen molar-refractivity contribution in [1.29, 1.82) is 0 Å². The van der Waals surface area contributed by atoms with Crippen molar-refractivity contribution < 1.29 is 14.3 Å². The van der Waals surface area contributed by atoms with Gasteiger partial charge in [-0.3, -0.25) is 13.8 Å². The molecule has 3 rings (SSSR count). The third-order valence-corrected chi connectivity index (χ3v) is 5.72. The Hall–Kier alpha value is -1.47. The summed E-state index contributed by atoms with van der Waals surface area (Å²) in [4.78, 5) is 13.8. The molecule has 1 aromatic rings. The van der Waals surface area contributed by atoms with Gasteiger partial charge in [0.2, 0.25) is 0 Å². The predicted molar refractivity (Wildman–Crippen MR) is 99.0 cm³/mol. The molecule has 7 heteroatoms. The molecule has 2 saturated heterocycles. The Labute approximate surface area is 152 Å². The van der Waals surface area contributed by atoms with Crippen LogP contribution in [0.3, 0.4) is 0 Å². The number of halogens is 1. The number of benzene rings is 1. The SMILES string of the molecule is CC(C)CCN1CCCC(c2cc(O)c(N3CC(=O)NS3)c(F)c2)C1. The summed E-state index contributed by atoms with van der Waals surface area (Å²) in [5.41, 5.74) is 0.927. The lowest BCUT2D eigenvalue weighted by molar-refractivity contribution is -0.117. The summed E-state index contributed by atoms with van der Waals surface area (Å²) < 4.78 is 18.6. The number of rotatable bonds is 5. The molecule has 0 saturated carbocycles. The van der Waals surface area contributed by atoms with Gasteiger partial charge >= 0.3 is 0 Å². The van der Waals surface area contributed by atoms with Crippen LogP contribution in [0.2, 0.25) is 0 Å². The third kappa shape index (κ3) is 4.39. The summed E-state index contributed by atoms with van der Waals surface area (Å²) >= 11 is 1.01. The number of nitrogens with zero attached hydrogens (tertiary/aromatic N) is 2. The number of amides is 1. The van der Waals surface area contributed by atoms with E-state index >= 15 is 0 Å². The van der Waals surface area contributed by atoms with Crippen LogP contribution in [0.4, 0.5) is 10.1 Å². The van der Waals surface area contributed by atoms with E-state index in [0.717, 1.165) is 50.2 Å². The van der Waals surface area contributed by atoms with Gasteiger partial charge < -0.3 is 10.0 Å². The number of carbonyl (C=O) groups excluding carboxylic acids is 1. The summed E-state index contributed by atoms with van der Waals surface area (Å²) in [6.07, 6.45) is 3.26. The van der Waals surface area contributed by atoms with Gasteiger partial charge in [0.1, 0.15) is 18.0 Å². The van der Waals surface area contributed by atoms with E-state index in [0.29, 0.717) is 5.92 Å². The van der Waals surface area contributed by atoms with E-state index in [2.05, 4.69) is 23.5 Å². The highest BCUT2D eigenvalue weighted by Crippen LogP contribution is 2.39. The minimum absolute atomic E-state index is 0.0426. The van der Waals surface area contributed by atoms with Gasteiger partial charge in [0.15, 0.2) is 5.82 Å². The molecule has 1 amide bonds. The van der Waals surface area contributed by atoms with Gasteiger partial charge in [0.05, 0.1) is 12.1 Å². The Bertz CT molecular complexity index is 618. The number of nitrogens with one attached hydrogen (secondary N) is 1. The Morgan fingerprint density at radius 3 is 2.88 bits per heavy atom. The molecular formula is C18H26FN3O2S. The summed E-state index contributed by atoms with van der Waals surface area (Å²) in [6.45, 7) is 7.56. The molecule has 2 aliphatic heterocycles. The predicted octanol–water partition coefficient (Wildman–Crippen LogP) is 3.26. The van der Waals surface area contributed by atoms with Gasteiger partial charge in [-0.25, -0.2) is 4.39 Å². The Kier molecular flexibility index (Phi) is 5.74. The molecule has 2 aliphatic rings. The number of hydrogen-bond donors (Lipinski definition) is 2. The number of anilines is 1. The third-order valence-electron chi connectivity index (χ3n) is 4.87. The highest BCUT2D eigenvalue weighted by Gasteiger charge is 2.28. The van der Waals surface area contributed by atoms with Crippen LogP contribution in [0, 0.1) is 11.7 Å². The topological polar surface area (TPSA) is 55.8 Å². The minimum atomic E-state index is -0.474. The standard InChI is InChI=1S/C18H26FN3O2S/c1-12(2)5-7-21-6-3-4-13(10-21)14-8-15(19)18(16(23)9-14)22-11-17(24)20-25-22/h8-9,12-13,23H,3-7,10-11H2,1-2H3,(H,20,24). The molecule has 1 unspecified atom stereocenters. The van der Waals surface area contributed by atoms with Crippen LogP contribution in [0.15, 0.2) is 12.1 Å². The fourth-order valence-electron chi connectivity index (χ4n) is 3.48. The van der Waals surface area contributed by atoms with Crippen molar-refractivity contribution in [3.63, 3.8) is 0 Å². The number of piperidine rings is 1. The second-order valence-electron chi connectivity index (χ2n) is 7.35. The first-order chi connectivity index (χ1) is 11.9. The average Bonchev–Trinajstić information content (AvgIpc) is 2.98. The minimum Gasteiger partial charge on any atom is -0.506 e. The molecule has 2 fully saturated rings. The van der Waals surface area contributed by atoms with E-state index in [1.165, 1.54) is 16.8 Å². The van der Waals surface area contributed by atoms with Crippen molar-refractivity contribution >= 4 is 23.7 Å². The molecule has 0 aromatic heterocycles. The highest BCUT2D eigenvalue weighted by atomic mass is 32.2. The van der Waals surface area contributed by atoms with E-state index in [1.54, 1.807) is 6.07 Å². The first-order valence-corrected chi connectivity index (χ1v) is 9.69. The normalized spacial score (nSPS) is 21.8. The molecule has 0 spiro atoms. The van der Waals surface area contributed by atoms with Crippen molar-refractivity contribution in [3.05, 3.63) is 23.5 Å². The Balaban J connectivity index is 1.73. The number of phenolic OH excluding ortho intramolecular Hbond substituents is 1. The first kappa shape index (κ1) is 18.3. The van der Waals surface area contributed by atoms with Gasteiger partial charge in [-0.2, -0.15) is 0 Å². The van der Waals surface area contributed by atoms with Crippen LogP contribution in [0.1, 0.15) is 44.6 Å². The number of hydrogen-bond acceptors (Lipinski definition) is 5. The summed E-state index contributed by atoms with van der Waals surface area (Å²) in [5.74, 6) is 0.148. The van der Waals surface area contributed by atoms with Gasteiger partial charge in [0, 0.05) is 6.54 Å². The molecule has 138 valence electrons. The van der Waals surface area contributed by atoms with Crippen molar-refractivity contribution in [2.75, 3.05) is 30.5 Å². The smallest absolute Gasteiger partial charge is 0.251 e. The summed E-state index contributed by atoms with van der Waals surface area (Å²) in [6, 6.07) is 3.19.